The van der Waals surface area contributed by atoms with E-state index in [0.717, 1.165) is 6.42 Å². The van der Waals surface area contributed by atoms with E-state index in [1.807, 2.05) is 0 Å². The molecule has 0 N–H and O–H groups in total. The van der Waals surface area contributed by atoms with Gasteiger partial charge in [-0.2, -0.15) is 0 Å². The number of carbonyl (C=O) groups is 1. The molecule has 2 rings (SSSR count). The zero-order valence-electron chi connectivity index (χ0n) is 11.2. The van der Waals surface area contributed by atoms with Crippen molar-refractivity contribution in [1.82, 2.24) is 0 Å². The van der Waals surface area contributed by atoms with Gasteiger partial charge in [-0.3, -0.25) is 4.79 Å². The largest absolute Gasteiger partial charge is 0.465 e. The van der Waals surface area contributed by atoms with Crippen LogP contribution in [0.15, 0.2) is 11.6 Å². The summed E-state index contributed by atoms with van der Waals surface area (Å²) in [5.74, 6) is 0.775. The normalized spacial score (nSPS) is 40.7. The maximum atomic E-state index is 11.0. The first-order chi connectivity index (χ1) is 7.96. The maximum absolute atomic E-state index is 11.0. The Hall–Kier alpha value is -0.830. The highest BCUT2D eigenvalue weighted by molar-refractivity contribution is 5.65. The standard InChI is InChI=1S/C14H22O3/c1-9-5-6-14(8-17-12(4)15)7-16-11(3)13(9)10(14)2/h5,10-11,13H,6-8H2,1-4H3/t10-,11-,13+,14-/m0/s1. The van der Waals surface area contributed by atoms with Crippen LogP contribution in [0.4, 0.5) is 0 Å². The van der Waals surface area contributed by atoms with Gasteiger partial charge in [0.1, 0.15) is 0 Å². The SMILES string of the molecule is CC(=O)OC[C@]12CC=C(C)[C@@H]([C@H](C)OC1)[C@@H]2C. The molecule has 17 heavy (non-hydrogen) atoms. The third kappa shape index (κ3) is 2.13. The molecule has 2 aliphatic rings. The first-order valence-electron chi connectivity index (χ1n) is 6.38. The third-order valence-electron chi connectivity index (χ3n) is 4.56. The lowest BCUT2D eigenvalue weighted by Gasteiger charge is -2.51. The zero-order valence-corrected chi connectivity index (χ0v) is 11.2. The van der Waals surface area contributed by atoms with E-state index in [1.165, 1.54) is 12.5 Å². The van der Waals surface area contributed by atoms with E-state index in [-0.39, 0.29) is 17.5 Å². The molecule has 1 aliphatic heterocycles. The summed E-state index contributed by atoms with van der Waals surface area (Å²) in [5, 5.41) is 0. The molecule has 2 bridgehead atoms. The van der Waals surface area contributed by atoms with Crippen LogP contribution >= 0.6 is 0 Å². The van der Waals surface area contributed by atoms with E-state index < -0.39 is 0 Å². The van der Waals surface area contributed by atoms with Crippen molar-refractivity contribution in [2.75, 3.05) is 13.2 Å². The van der Waals surface area contributed by atoms with Gasteiger partial charge in [0.25, 0.3) is 0 Å². The summed E-state index contributed by atoms with van der Waals surface area (Å²) in [5.41, 5.74) is 1.41. The molecule has 3 nitrogen and oxygen atoms in total. The van der Waals surface area contributed by atoms with E-state index in [0.29, 0.717) is 25.0 Å². The average molecular weight is 238 g/mol. The second-order valence-corrected chi connectivity index (χ2v) is 5.63. The summed E-state index contributed by atoms with van der Waals surface area (Å²) in [4.78, 5) is 11.0. The van der Waals surface area contributed by atoms with Crippen LogP contribution in [0.5, 0.6) is 0 Å². The maximum Gasteiger partial charge on any atom is 0.302 e. The van der Waals surface area contributed by atoms with Crippen molar-refractivity contribution in [3.8, 4) is 0 Å². The van der Waals surface area contributed by atoms with Gasteiger partial charge in [0, 0.05) is 18.3 Å². The molecular weight excluding hydrogens is 216 g/mol. The van der Waals surface area contributed by atoms with Gasteiger partial charge in [-0.05, 0) is 26.2 Å². The number of carbonyl (C=O) groups excluding carboxylic acids is 1. The number of rotatable bonds is 2. The Balaban J connectivity index is 2.21. The van der Waals surface area contributed by atoms with Crippen LogP contribution in [-0.4, -0.2) is 25.3 Å². The Morgan fingerprint density at radius 2 is 2.29 bits per heavy atom. The molecule has 0 unspecified atom stereocenters. The summed E-state index contributed by atoms with van der Waals surface area (Å²) in [6.45, 7) is 9.24. The van der Waals surface area contributed by atoms with Gasteiger partial charge in [0.05, 0.1) is 19.3 Å². The smallest absolute Gasteiger partial charge is 0.302 e. The van der Waals surface area contributed by atoms with Gasteiger partial charge in [0.15, 0.2) is 0 Å². The predicted octanol–water partition coefficient (Wildman–Crippen LogP) is 2.56. The van der Waals surface area contributed by atoms with Crippen LogP contribution in [0, 0.1) is 17.3 Å². The lowest BCUT2D eigenvalue weighted by Crippen LogP contribution is -2.52. The van der Waals surface area contributed by atoms with E-state index in [2.05, 4.69) is 26.8 Å². The molecule has 96 valence electrons. The molecule has 1 heterocycles. The lowest BCUT2D eigenvalue weighted by molar-refractivity contribution is -0.165. The van der Waals surface area contributed by atoms with Crippen molar-refractivity contribution in [2.45, 2.75) is 40.2 Å². The van der Waals surface area contributed by atoms with Gasteiger partial charge >= 0.3 is 5.97 Å². The zero-order chi connectivity index (χ0) is 12.6. The topological polar surface area (TPSA) is 35.5 Å². The van der Waals surface area contributed by atoms with Gasteiger partial charge in [-0.15, -0.1) is 0 Å². The van der Waals surface area contributed by atoms with Crippen LogP contribution in [0.3, 0.4) is 0 Å². The quantitative estimate of drug-likeness (QED) is 0.548. The molecule has 1 fully saturated rings. The second-order valence-electron chi connectivity index (χ2n) is 5.63. The average Bonchev–Trinajstić information content (AvgIpc) is 2.26. The molecule has 0 aromatic rings. The van der Waals surface area contributed by atoms with E-state index >= 15 is 0 Å². The number of fused-ring (bicyclic) bond motifs is 2. The minimum absolute atomic E-state index is 0.0116. The van der Waals surface area contributed by atoms with Crippen molar-refractivity contribution in [3.63, 3.8) is 0 Å². The molecule has 0 amide bonds. The van der Waals surface area contributed by atoms with Crippen LogP contribution in [0.25, 0.3) is 0 Å². The second kappa shape index (κ2) is 4.45. The fourth-order valence-corrected chi connectivity index (χ4v) is 3.31. The van der Waals surface area contributed by atoms with E-state index in [4.69, 9.17) is 9.47 Å². The number of ether oxygens (including phenoxy) is 2. The molecule has 1 aliphatic carbocycles. The lowest BCUT2D eigenvalue weighted by atomic mass is 9.60. The van der Waals surface area contributed by atoms with Crippen LogP contribution in [-0.2, 0) is 14.3 Å². The number of esters is 1. The summed E-state index contributed by atoms with van der Waals surface area (Å²) >= 11 is 0. The summed E-state index contributed by atoms with van der Waals surface area (Å²) in [6, 6.07) is 0. The molecule has 4 atom stereocenters. The highest BCUT2D eigenvalue weighted by Gasteiger charge is 2.49. The molecule has 0 aromatic heterocycles. The Bertz CT molecular complexity index is 347. The fourth-order valence-electron chi connectivity index (χ4n) is 3.31. The van der Waals surface area contributed by atoms with Gasteiger partial charge in [-0.1, -0.05) is 18.6 Å². The first-order valence-corrected chi connectivity index (χ1v) is 6.38. The van der Waals surface area contributed by atoms with Crippen molar-refractivity contribution >= 4 is 5.97 Å². The Labute approximate surface area is 103 Å². The Morgan fingerprint density at radius 1 is 1.59 bits per heavy atom. The van der Waals surface area contributed by atoms with Crippen molar-refractivity contribution in [3.05, 3.63) is 11.6 Å². The highest BCUT2D eigenvalue weighted by Crippen LogP contribution is 2.49. The monoisotopic (exact) mass is 238 g/mol. The van der Waals surface area contributed by atoms with Gasteiger partial charge in [-0.25, -0.2) is 0 Å². The molecular formula is C14H22O3. The molecule has 1 saturated heterocycles. The summed E-state index contributed by atoms with van der Waals surface area (Å²) in [7, 11) is 0. The van der Waals surface area contributed by atoms with Gasteiger partial charge in [0.2, 0.25) is 0 Å². The molecule has 0 saturated carbocycles. The molecule has 0 spiro atoms. The molecule has 0 aromatic carbocycles. The Kier molecular flexibility index (Phi) is 3.30. The fraction of sp³-hybridized carbons (Fsp3) is 0.786. The third-order valence-corrected chi connectivity index (χ3v) is 4.56. The predicted molar refractivity (Wildman–Crippen MR) is 65.5 cm³/mol. The molecule has 0 radical (unpaired) electrons. The minimum atomic E-state index is -0.201. The molecule has 3 heteroatoms. The van der Waals surface area contributed by atoms with Gasteiger partial charge < -0.3 is 9.47 Å². The first kappa shape index (κ1) is 12.6. The van der Waals surface area contributed by atoms with E-state index in [9.17, 15) is 4.79 Å². The van der Waals surface area contributed by atoms with Crippen molar-refractivity contribution < 1.29 is 14.3 Å². The number of allylic oxidation sites excluding steroid dienone is 1. The summed E-state index contributed by atoms with van der Waals surface area (Å²) < 4.78 is 11.1. The van der Waals surface area contributed by atoms with E-state index in [1.54, 1.807) is 0 Å². The van der Waals surface area contributed by atoms with Crippen LogP contribution < -0.4 is 0 Å². The Morgan fingerprint density at radius 3 is 2.94 bits per heavy atom. The van der Waals surface area contributed by atoms with Crippen LogP contribution in [0.1, 0.15) is 34.1 Å². The minimum Gasteiger partial charge on any atom is -0.465 e. The highest BCUT2D eigenvalue weighted by atomic mass is 16.5. The van der Waals surface area contributed by atoms with Crippen molar-refractivity contribution in [1.29, 1.82) is 0 Å². The van der Waals surface area contributed by atoms with Crippen molar-refractivity contribution in [2.24, 2.45) is 17.3 Å². The number of hydrogen-bond acceptors (Lipinski definition) is 3. The number of hydrogen-bond donors (Lipinski definition) is 0. The summed E-state index contributed by atoms with van der Waals surface area (Å²) in [6.07, 6.45) is 3.52. The van der Waals surface area contributed by atoms with Crippen LogP contribution in [0.2, 0.25) is 0 Å².